The van der Waals surface area contributed by atoms with Crippen molar-refractivity contribution in [2.75, 3.05) is 0 Å². The maximum Gasteiger partial charge on any atom is 0.0798 e. The molecule has 1 atom stereocenters. The molecule has 0 saturated carbocycles. The molecule has 1 aliphatic rings. The first-order valence-electron chi connectivity index (χ1n) is 6.88. The molecule has 0 heterocycles. The Morgan fingerprint density at radius 1 is 0.789 bits per heavy atom. The van der Waals surface area contributed by atoms with E-state index in [0.29, 0.717) is 0 Å². The smallest absolute Gasteiger partial charge is 0.0798 e. The number of hydrogen-bond donors (Lipinski definition) is 1. The standard InChI is InChI=1S/C18H18O/c19-17-13-7-12-16(14-8-3-1-4-9-14)18(17)15-10-5-2-6-11-15/h1-6,8-11,17,19H,7,12-13H2. The lowest BCUT2D eigenvalue weighted by Gasteiger charge is -2.26. The minimum absolute atomic E-state index is 0.341. The summed E-state index contributed by atoms with van der Waals surface area (Å²) in [6.45, 7) is 0. The van der Waals surface area contributed by atoms with Crippen molar-refractivity contribution in [3.63, 3.8) is 0 Å². The minimum Gasteiger partial charge on any atom is -0.388 e. The minimum atomic E-state index is -0.341. The molecule has 1 unspecified atom stereocenters. The third kappa shape index (κ3) is 2.47. The summed E-state index contributed by atoms with van der Waals surface area (Å²) in [6, 6.07) is 20.7. The van der Waals surface area contributed by atoms with Gasteiger partial charge in [0.2, 0.25) is 0 Å². The summed E-state index contributed by atoms with van der Waals surface area (Å²) in [6.07, 6.45) is 2.62. The maximum atomic E-state index is 10.4. The quantitative estimate of drug-likeness (QED) is 0.849. The first kappa shape index (κ1) is 12.2. The van der Waals surface area contributed by atoms with Crippen LogP contribution in [0.25, 0.3) is 11.1 Å². The lowest BCUT2D eigenvalue weighted by atomic mass is 9.82. The summed E-state index contributed by atoms with van der Waals surface area (Å²) >= 11 is 0. The van der Waals surface area contributed by atoms with Crippen LogP contribution in [0.3, 0.4) is 0 Å². The van der Waals surface area contributed by atoms with Gasteiger partial charge in [0.1, 0.15) is 0 Å². The van der Waals surface area contributed by atoms with Crippen molar-refractivity contribution in [2.45, 2.75) is 25.4 Å². The number of hydrogen-bond acceptors (Lipinski definition) is 1. The van der Waals surface area contributed by atoms with E-state index < -0.39 is 0 Å². The monoisotopic (exact) mass is 250 g/mol. The van der Waals surface area contributed by atoms with Crippen LogP contribution in [0.5, 0.6) is 0 Å². The van der Waals surface area contributed by atoms with Gasteiger partial charge in [-0.3, -0.25) is 0 Å². The fourth-order valence-corrected chi connectivity index (χ4v) is 2.88. The van der Waals surface area contributed by atoms with Crippen molar-refractivity contribution in [1.82, 2.24) is 0 Å². The fraction of sp³-hybridized carbons (Fsp3) is 0.222. The van der Waals surface area contributed by atoms with Crippen LogP contribution in [0.4, 0.5) is 0 Å². The van der Waals surface area contributed by atoms with Gasteiger partial charge in [-0.15, -0.1) is 0 Å². The van der Waals surface area contributed by atoms with Gasteiger partial charge in [-0.2, -0.15) is 0 Å². The topological polar surface area (TPSA) is 20.2 Å². The Balaban J connectivity index is 2.15. The van der Waals surface area contributed by atoms with Gasteiger partial charge in [0.05, 0.1) is 6.10 Å². The zero-order chi connectivity index (χ0) is 13.1. The van der Waals surface area contributed by atoms with Crippen molar-refractivity contribution in [1.29, 1.82) is 0 Å². The Bertz CT molecular complexity index is 569. The van der Waals surface area contributed by atoms with E-state index in [9.17, 15) is 5.11 Å². The second-order valence-electron chi connectivity index (χ2n) is 5.03. The Morgan fingerprint density at radius 2 is 1.37 bits per heavy atom. The van der Waals surface area contributed by atoms with Crippen LogP contribution in [0.1, 0.15) is 30.4 Å². The third-order valence-corrected chi connectivity index (χ3v) is 3.77. The van der Waals surface area contributed by atoms with Gasteiger partial charge in [0.25, 0.3) is 0 Å². The van der Waals surface area contributed by atoms with Gasteiger partial charge >= 0.3 is 0 Å². The van der Waals surface area contributed by atoms with E-state index in [1.807, 2.05) is 24.3 Å². The van der Waals surface area contributed by atoms with Gasteiger partial charge in [0.15, 0.2) is 0 Å². The number of allylic oxidation sites excluding steroid dienone is 1. The molecule has 1 aliphatic carbocycles. The SMILES string of the molecule is OC1CCCC(c2ccccc2)=C1c1ccccc1. The first-order chi connectivity index (χ1) is 9.36. The zero-order valence-corrected chi connectivity index (χ0v) is 10.9. The van der Waals surface area contributed by atoms with Crippen molar-refractivity contribution < 1.29 is 5.11 Å². The van der Waals surface area contributed by atoms with Gasteiger partial charge in [-0.1, -0.05) is 60.7 Å². The van der Waals surface area contributed by atoms with Gasteiger partial charge in [-0.05, 0) is 41.5 Å². The first-order valence-corrected chi connectivity index (χ1v) is 6.88. The molecule has 0 spiro atoms. The Kier molecular flexibility index (Phi) is 3.47. The molecule has 19 heavy (non-hydrogen) atoms. The molecule has 3 rings (SSSR count). The molecule has 1 heteroatoms. The van der Waals surface area contributed by atoms with Gasteiger partial charge in [-0.25, -0.2) is 0 Å². The molecule has 0 fully saturated rings. The highest BCUT2D eigenvalue weighted by Crippen LogP contribution is 2.38. The maximum absolute atomic E-state index is 10.4. The average molecular weight is 250 g/mol. The van der Waals surface area contributed by atoms with Crippen LogP contribution in [0.2, 0.25) is 0 Å². The normalized spacial score (nSPS) is 19.5. The Morgan fingerprint density at radius 3 is 2.00 bits per heavy atom. The zero-order valence-electron chi connectivity index (χ0n) is 10.9. The fourth-order valence-electron chi connectivity index (χ4n) is 2.88. The van der Waals surface area contributed by atoms with Crippen molar-refractivity contribution in [3.8, 4) is 0 Å². The molecule has 0 radical (unpaired) electrons. The molecule has 1 N–H and O–H groups in total. The highest BCUT2D eigenvalue weighted by molar-refractivity contribution is 5.93. The van der Waals surface area contributed by atoms with Gasteiger partial charge in [0, 0.05) is 0 Å². The Labute approximate surface area is 114 Å². The molecule has 1 nitrogen and oxygen atoms in total. The van der Waals surface area contributed by atoms with E-state index >= 15 is 0 Å². The summed E-state index contributed by atoms with van der Waals surface area (Å²) in [7, 11) is 0. The molecule has 0 saturated heterocycles. The van der Waals surface area contributed by atoms with Crippen LogP contribution in [0.15, 0.2) is 60.7 Å². The van der Waals surface area contributed by atoms with E-state index in [2.05, 4.69) is 36.4 Å². The number of aliphatic hydroxyl groups excluding tert-OH is 1. The number of rotatable bonds is 2. The van der Waals surface area contributed by atoms with Crippen molar-refractivity contribution in [2.24, 2.45) is 0 Å². The van der Waals surface area contributed by atoms with Crippen molar-refractivity contribution >= 4 is 11.1 Å². The number of benzene rings is 2. The average Bonchev–Trinajstić information content (AvgIpc) is 2.49. The Hall–Kier alpha value is -1.86. The third-order valence-electron chi connectivity index (χ3n) is 3.77. The molecule has 0 bridgehead atoms. The summed E-state index contributed by atoms with van der Waals surface area (Å²) < 4.78 is 0. The van der Waals surface area contributed by atoms with E-state index in [4.69, 9.17) is 0 Å². The molecule has 0 aromatic heterocycles. The van der Waals surface area contributed by atoms with E-state index in [1.165, 1.54) is 11.1 Å². The molecular weight excluding hydrogens is 232 g/mol. The second kappa shape index (κ2) is 5.41. The van der Waals surface area contributed by atoms with E-state index in [1.54, 1.807) is 0 Å². The summed E-state index contributed by atoms with van der Waals surface area (Å²) in [5.74, 6) is 0. The van der Waals surface area contributed by atoms with Crippen LogP contribution < -0.4 is 0 Å². The highest BCUT2D eigenvalue weighted by atomic mass is 16.3. The van der Waals surface area contributed by atoms with E-state index in [0.717, 1.165) is 30.4 Å². The van der Waals surface area contributed by atoms with Crippen LogP contribution in [-0.2, 0) is 0 Å². The van der Waals surface area contributed by atoms with E-state index in [-0.39, 0.29) is 6.10 Å². The predicted octanol–water partition coefficient (Wildman–Crippen LogP) is 4.14. The molecule has 2 aromatic rings. The number of aliphatic hydroxyl groups is 1. The largest absolute Gasteiger partial charge is 0.388 e. The van der Waals surface area contributed by atoms with Gasteiger partial charge < -0.3 is 5.11 Å². The summed E-state index contributed by atoms with van der Waals surface area (Å²) in [5.41, 5.74) is 4.79. The van der Waals surface area contributed by atoms with Crippen LogP contribution in [0, 0.1) is 0 Å². The van der Waals surface area contributed by atoms with Crippen LogP contribution >= 0.6 is 0 Å². The molecule has 96 valence electrons. The molecule has 0 aliphatic heterocycles. The summed E-state index contributed by atoms with van der Waals surface area (Å²) in [4.78, 5) is 0. The molecular formula is C18H18O. The second-order valence-corrected chi connectivity index (χ2v) is 5.03. The lowest BCUT2D eigenvalue weighted by molar-refractivity contribution is 0.215. The van der Waals surface area contributed by atoms with Crippen LogP contribution in [-0.4, -0.2) is 11.2 Å². The molecule has 2 aromatic carbocycles. The summed E-state index contributed by atoms with van der Waals surface area (Å²) in [5, 5.41) is 10.4. The lowest BCUT2D eigenvalue weighted by Crippen LogP contribution is -2.15. The highest BCUT2D eigenvalue weighted by Gasteiger charge is 2.22. The molecule has 0 amide bonds. The predicted molar refractivity (Wildman–Crippen MR) is 79.6 cm³/mol. The van der Waals surface area contributed by atoms with Crippen molar-refractivity contribution in [3.05, 3.63) is 71.8 Å².